The lowest BCUT2D eigenvalue weighted by atomic mass is 10.2. The van der Waals surface area contributed by atoms with Crippen LogP contribution in [-0.2, 0) is 4.79 Å². The predicted octanol–water partition coefficient (Wildman–Crippen LogP) is 3.83. The molecule has 0 aliphatic heterocycles. The summed E-state index contributed by atoms with van der Waals surface area (Å²) in [5.74, 6) is -0.942. The molecule has 0 atom stereocenters. The van der Waals surface area contributed by atoms with Crippen LogP contribution in [0.4, 0.5) is 9.52 Å². The van der Waals surface area contributed by atoms with Crippen LogP contribution in [0.25, 0.3) is 5.69 Å². The summed E-state index contributed by atoms with van der Waals surface area (Å²) < 4.78 is 16.7. The molecule has 0 fully saturated rings. The molecule has 3 rings (SSSR count). The Kier molecular flexibility index (Phi) is 5.85. The van der Waals surface area contributed by atoms with Crippen molar-refractivity contribution in [3.05, 3.63) is 58.8 Å². The molecule has 0 spiro atoms. The Morgan fingerprint density at radius 1 is 1.29 bits per heavy atom. The molecule has 2 heterocycles. The molecule has 0 saturated carbocycles. The summed E-state index contributed by atoms with van der Waals surface area (Å²) in [4.78, 5) is 28.1. The first-order valence-corrected chi connectivity index (χ1v) is 10.2. The first-order chi connectivity index (χ1) is 13.3. The summed E-state index contributed by atoms with van der Waals surface area (Å²) in [6.45, 7) is 5.40. The lowest BCUT2D eigenvalue weighted by Crippen LogP contribution is -2.13. The fourth-order valence-corrected chi connectivity index (χ4v) is 4.74. The van der Waals surface area contributed by atoms with Crippen molar-refractivity contribution in [2.45, 2.75) is 25.0 Å². The van der Waals surface area contributed by atoms with Gasteiger partial charge in [0.2, 0.25) is 5.91 Å². The van der Waals surface area contributed by atoms with E-state index in [9.17, 15) is 14.0 Å². The Hall–Kier alpha value is -2.65. The number of nitrogens with one attached hydrogen (secondary N) is 1. The zero-order valence-electron chi connectivity index (χ0n) is 15.6. The largest absolute Gasteiger partial charge is 0.369 e. The van der Waals surface area contributed by atoms with Crippen molar-refractivity contribution in [2.24, 2.45) is 5.73 Å². The van der Waals surface area contributed by atoms with Crippen LogP contribution in [0.3, 0.4) is 0 Å². The lowest BCUT2D eigenvalue weighted by molar-refractivity contribution is -0.115. The van der Waals surface area contributed by atoms with Gasteiger partial charge < -0.3 is 10.3 Å². The number of halogens is 1. The van der Waals surface area contributed by atoms with Crippen LogP contribution in [-0.4, -0.2) is 27.1 Å². The molecular weight excluding hydrogens is 399 g/mol. The smallest absolute Gasteiger partial charge is 0.259 e. The third-order valence-electron chi connectivity index (χ3n) is 4.09. The summed E-state index contributed by atoms with van der Waals surface area (Å²) in [6, 6.07) is 8.15. The fraction of sp³-hybridized carbons (Fsp3) is 0.211. The van der Waals surface area contributed by atoms with E-state index in [-0.39, 0.29) is 17.5 Å². The van der Waals surface area contributed by atoms with Gasteiger partial charge >= 0.3 is 0 Å². The van der Waals surface area contributed by atoms with Crippen LogP contribution in [0, 0.1) is 26.6 Å². The number of nitrogens with zero attached hydrogens (tertiary/aromatic N) is 2. The number of nitrogens with two attached hydrogens (primary N) is 1. The number of aryl methyl sites for hydroxylation is 2. The maximum absolute atomic E-state index is 14.2. The molecule has 146 valence electrons. The molecule has 0 bridgehead atoms. The van der Waals surface area contributed by atoms with Crippen LogP contribution >= 0.6 is 23.1 Å². The topological polar surface area (TPSA) is 90.0 Å². The zero-order valence-corrected chi connectivity index (χ0v) is 17.2. The predicted molar refractivity (Wildman–Crippen MR) is 110 cm³/mol. The number of benzene rings is 1. The van der Waals surface area contributed by atoms with E-state index in [0.717, 1.165) is 15.6 Å². The zero-order chi connectivity index (χ0) is 20.4. The Morgan fingerprint density at radius 2 is 2.00 bits per heavy atom. The maximum atomic E-state index is 14.2. The summed E-state index contributed by atoms with van der Waals surface area (Å²) in [5.41, 5.74) is 8.12. The Balaban J connectivity index is 1.85. The Bertz CT molecular complexity index is 1060. The third-order valence-corrected chi connectivity index (χ3v) is 6.55. The highest BCUT2D eigenvalue weighted by molar-refractivity contribution is 8.01. The minimum atomic E-state index is -0.413. The molecule has 2 aromatic heterocycles. The van der Waals surface area contributed by atoms with Crippen molar-refractivity contribution >= 4 is 40.0 Å². The number of para-hydroxylation sites is 1. The molecule has 6 nitrogen and oxygen atoms in total. The molecule has 0 saturated heterocycles. The van der Waals surface area contributed by atoms with Gasteiger partial charge in [0, 0.05) is 11.4 Å². The van der Waals surface area contributed by atoms with Gasteiger partial charge in [-0.15, -0.1) is 11.8 Å². The first kappa shape index (κ1) is 20.1. The lowest BCUT2D eigenvalue weighted by Gasteiger charge is -2.10. The molecule has 0 unspecified atom stereocenters. The first-order valence-electron chi connectivity index (χ1n) is 8.41. The van der Waals surface area contributed by atoms with E-state index in [1.165, 1.54) is 29.2 Å². The molecule has 3 aromatic rings. The average Bonchev–Trinajstić information content (AvgIpc) is 3.12. The standard InChI is InChI=1S/C19H19FN4O2S2/c1-10-8-13(12(3)24(10)15-7-5-4-6-14(15)20)17(26)23-19-22-11(2)18(28-19)27-9-16(21)25/h4-8H,9H2,1-3H3,(H2,21,25)(H,22,23,26). The maximum Gasteiger partial charge on any atom is 0.259 e. The number of thiazole rings is 1. The third kappa shape index (κ3) is 4.10. The van der Waals surface area contributed by atoms with Crippen molar-refractivity contribution in [3.63, 3.8) is 0 Å². The molecule has 0 radical (unpaired) electrons. The van der Waals surface area contributed by atoms with Gasteiger partial charge in [-0.25, -0.2) is 9.37 Å². The number of thioether (sulfide) groups is 1. The molecule has 2 amide bonds. The van der Waals surface area contributed by atoms with Crippen LogP contribution in [0.5, 0.6) is 0 Å². The van der Waals surface area contributed by atoms with Crippen LogP contribution < -0.4 is 11.1 Å². The summed E-state index contributed by atoms with van der Waals surface area (Å²) in [5, 5.41) is 3.22. The van der Waals surface area contributed by atoms with Crippen molar-refractivity contribution in [1.29, 1.82) is 0 Å². The van der Waals surface area contributed by atoms with Crippen molar-refractivity contribution in [1.82, 2.24) is 9.55 Å². The fourth-order valence-electron chi connectivity index (χ4n) is 2.87. The van der Waals surface area contributed by atoms with Gasteiger partial charge in [0.15, 0.2) is 5.13 Å². The molecule has 0 aliphatic rings. The average molecular weight is 419 g/mol. The molecule has 1 aromatic carbocycles. The molecule has 28 heavy (non-hydrogen) atoms. The second kappa shape index (κ2) is 8.15. The van der Waals surface area contributed by atoms with Crippen molar-refractivity contribution in [2.75, 3.05) is 11.1 Å². The number of aromatic nitrogens is 2. The highest BCUT2D eigenvalue weighted by atomic mass is 32.2. The second-order valence-corrected chi connectivity index (χ2v) is 8.42. The molecule has 9 heteroatoms. The molecule has 3 N–H and O–H groups in total. The minimum absolute atomic E-state index is 0.153. The van der Waals surface area contributed by atoms with Gasteiger partial charge in [0.05, 0.1) is 26.9 Å². The summed E-state index contributed by atoms with van der Waals surface area (Å²) in [7, 11) is 0. The van der Waals surface area contributed by atoms with Gasteiger partial charge in [-0.1, -0.05) is 23.5 Å². The van der Waals surface area contributed by atoms with Crippen LogP contribution in [0.2, 0.25) is 0 Å². The van der Waals surface area contributed by atoms with Gasteiger partial charge in [-0.3, -0.25) is 14.9 Å². The van der Waals surface area contributed by atoms with Gasteiger partial charge in [-0.2, -0.15) is 0 Å². The van der Waals surface area contributed by atoms with Crippen molar-refractivity contribution < 1.29 is 14.0 Å². The monoisotopic (exact) mass is 418 g/mol. The Morgan fingerprint density at radius 3 is 2.68 bits per heavy atom. The summed E-state index contributed by atoms with van der Waals surface area (Å²) >= 11 is 2.58. The molecular formula is C19H19FN4O2S2. The minimum Gasteiger partial charge on any atom is -0.369 e. The van der Waals surface area contributed by atoms with E-state index < -0.39 is 5.91 Å². The number of anilines is 1. The number of amides is 2. The van der Waals surface area contributed by atoms with Gasteiger partial charge in [0.1, 0.15) is 5.82 Å². The summed E-state index contributed by atoms with van der Waals surface area (Å²) in [6.07, 6.45) is 0. The van der Waals surface area contributed by atoms with E-state index in [1.54, 1.807) is 42.7 Å². The van der Waals surface area contributed by atoms with E-state index in [4.69, 9.17) is 5.73 Å². The normalized spacial score (nSPS) is 10.9. The highest BCUT2D eigenvalue weighted by Crippen LogP contribution is 2.32. The number of carbonyl (C=O) groups excluding carboxylic acids is 2. The highest BCUT2D eigenvalue weighted by Gasteiger charge is 2.20. The van der Waals surface area contributed by atoms with E-state index in [0.29, 0.717) is 22.1 Å². The van der Waals surface area contributed by atoms with E-state index >= 15 is 0 Å². The van der Waals surface area contributed by atoms with Crippen LogP contribution in [0.1, 0.15) is 27.4 Å². The van der Waals surface area contributed by atoms with Gasteiger partial charge in [0.25, 0.3) is 5.91 Å². The number of carbonyl (C=O) groups is 2. The molecule has 0 aliphatic carbocycles. The van der Waals surface area contributed by atoms with E-state index in [1.807, 2.05) is 6.92 Å². The Labute approximate surface area is 170 Å². The number of hydrogen-bond donors (Lipinski definition) is 2. The van der Waals surface area contributed by atoms with Crippen molar-refractivity contribution in [3.8, 4) is 5.69 Å². The second-order valence-electron chi connectivity index (χ2n) is 6.17. The SMILES string of the molecule is Cc1nc(NC(=O)c2cc(C)n(-c3ccccc3F)c2C)sc1SCC(N)=O. The quantitative estimate of drug-likeness (QED) is 0.596. The number of hydrogen-bond acceptors (Lipinski definition) is 5. The van der Waals surface area contributed by atoms with Gasteiger partial charge in [-0.05, 0) is 39.0 Å². The number of primary amides is 1. The van der Waals surface area contributed by atoms with E-state index in [2.05, 4.69) is 10.3 Å². The number of rotatable bonds is 6. The van der Waals surface area contributed by atoms with Crippen LogP contribution in [0.15, 0.2) is 34.5 Å².